The van der Waals surface area contributed by atoms with Gasteiger partial charge in [0.1, 0.15) is 23.5 Å². The van der Waals surface area contributed by atoms with E-state index in [1.165, 1.54) is 31.4 Å². The smallest absolute Gasteiger partial charge is 0.155 e. The number of unbranched alkanes of at least 4 members (excludes halogenated alkanes) is 3. The molecule has 0 bridgehead atoms. The van der Waals surface area contributed by atoms with E-state index in [2.05, 4.69) is 16.9 Å². The summed E-state index contributed by atoms with van der Waals surface area (Å²) in [6.07, 6.45) is 10.5. The third-order valence-electron chi connectivity index (χ3n) is 6.52. The lowest BCUT2D eigenvalue weighted by Crippen LogP contribution is -2.02. The maximum Gasteiger partial charge on any atom is 0.155 e. The Morgan fingerprint density at radius 2 is 1.59 bits per heavy atom. The predicted octanol–water partition coefficient (Wildman–Crippen LogP) is 7.31. The number of nitriles is 1. The Kier molecular flexibility index (Phi) is 9.15. The summed E-state index contributed by atoms with van der Waals surface area (Å²) in [7, 11) is 0. The fourth-order valence-electron chi connectivity index (χ4n) is 4.34. The predicted molar refractivity (Wildman–Crippen MR) is 142 cm³/mol. The van der Waals surface area contributed by atoms with Gasteiger partial charge in [0.2, 0.25) is 0 Å². The zero-order chi connectivity index (χ0) is 26.0. The topological polar surface area (TPSA) is 58.8 Å². The van der Waals surface area contributed by atoms with Crippen LogP contribution in [-0.4, -0.2) is 16.6 Å². The second kappa shape index (κ2) is 12.9. The van der Waals surface area contributed by atoms with E-state index in [-0.39, 0.29) is 11.4 Å². The summed E-state index contributed by atoms with van der Waals surface area (Å²) < 4.78 is 34.8. The van der Waals surface area contributed by atoms with Gasteiger partial charge in [0.25, 0.3) is 0 Å². The summed E-state index contributed by atoms with van der Waals surface area (Å²) in [5.41, 5.74) is 2.43. The number of rotatable bonds is 12. The van der Waals surface area contributed by atoms with Crippen molar-refractivity contribution < 1.29 is 13.5 Å². The third kappa shape index (κ3) is 7.10. The van der Waals surface area contributed by atoms with Crippen molar-refractivity contribution in [1.29, 1.82) is 5.26 Å². The van der Waals surface area contributed by atoms with Crippen molar-refractivity contribution in [3.05, 3.63) is 101 Å². The van der Waals surface area contributed by atoms with Crippen LogP contribution in [0.4, 0.5) is 8.78 Å². The van der Waals surface area contributed by atoms with Gasteiger partial charge in [-0.1, -0.05) is 62.6 Å². The summed E-state index contributed by atoms with van der Waals surface area (Å²) in [5, 5.41) is 10.3. The molecule has 0 unspecified atom stereocenters. The second-order valence-corrected chi connectivity index (χ2v) is 9.26. The first-order valence-electron chi connectivity index (χ1n) is 12.9. The van der Waals surface area contributed by atoms with Crippen LogP contribution < -0.4 is 4.74 Å². The molecule has 0 aliphatic rings. The molecule has 190 valence electrons. The molecule has 37 heavy (non-hydrogen) atoms. The lowest BCUT2D eigenvalue weighted by atomic mass is 9.98. The average molecular weight is 500 g/mol. The number of hydrogen-bond acceptors (Lipinski definition) is 4. The summed E-state index contributed by atoms with van der Waals surface area (Å²) in [4.78, 5) is 8.84. The van der Waals surface area contributed by atoms with E-state index < -0.39 is 5.82 Å². The highest BCUT2D eigenvalue weighted by Gasteiger charge is 2.10. The Balaban J connectivity index is 1.33. The van der Waals surface area contributed by atoms with E-state index >= 15 is 4.39 Å². The van der Waals surface area contributed by atoms with Crippen LogP contribution in [-0.2, 0) is 25.7 Å². The van der Waals surface area contributed by atoms with E-state index in [1.54, 1.807) is 24.5 Å². The second-order valence-electron chi connectivity index (χ2n) is 9.26. The van der Waals surface area contributed by atoms with E-state index in [9.17, 15) is 4.39 Å². The number of halogens is 2. The zero-order valence-electron chi connectivity index (χ0n) is 21.1. The molecule has 0 fully saturated rings. The number of nitrogens with zero attached hydrogens (tertiary/aromatic N) is 3. The number of benzene rings is 3. The van der Waals surface area contributed by atoms with Gasteiger partial charge in [0.05, 0.1) is 24.6 Å². The number of ether oxygens (including phenoxy) is 1. The molecule has 4 nitrogen and oxygen atoms in total. The Morgan fingerprint density at radius 1 is 0.838 bits per heavy atom. The van der Waals surface area contributed by atoms with Crippen molar-refractivity contribution in [3.63, 3.8) is 0 Å². The molecule has 4 rings (SSSR count). The normalized spacial score (nSPS) is 11.0. The van der Waals surface area contributed by atoms with Crippen LogP contribution in [0, 0.1) is 23.0 Å². The molecular formula is C31H31F2N3O. The Morgan fingerprint density at radius 3 is 2.35 bits per heavy atom. The van der Waals surface area contributed by atoms with Crippen LogP contribution in [0.5, 0.6) is 5.75 Å². The van der Waals surface area contributed by atoms with Crippen molar-refractivity contribution in [2.24, 2.45) is 0 Å². The molecule has 1 heterocycles. The number of fused-ring (bicyclic) bond motifs is 1. The minimum Gasteiger partial charge on any atom is -0.490 e. The van der Waals surface area contributed by atoms with Crippen LogP contribution >= 0.6 is 0 Å². The SMILES string of the molecule is CCCCCCOc1cnc(CCc2ccc3c(F)c(CCc4ccc(C#N)c(F)c4)ccc3c2)nc1. The van der Waals surface area contributed by atoms with Crippen LogP contribution in [0.3, 0.4) is 0 Å². The van der Waals surface area contributed by atoms with E-state index in [0.29, 0.717) is 42.6 Å². The largest absolute Gasteiger partial charge is 0.490 e. The third-order valence-corrected chi connectivity index (χ3v) is 6.52. The van der Waals surface area contributed by atoms with Crippen molar-refractivity contribution in [1.82, 2.24) is 9.97 Å². The van der Waals surface area contributed by atoms with Gasteiger partial charge in [0.15, 0.2) is 5.75 Å². The number of aryl methyl sites for hydroxylation is 4. The molecule has 0 amide bonds. The van der Waals surface area contributed by atoms with Crippen LogP contribution in [0.25, 0.3) is 10.8 Å². The maximum atomic E-state index is 15.2. The van der Waals surface area contributed by atoms with Crippen molar-refractivity contribution in [2.45, 2.75) is 58.3 Å². The van der Waals surface area contributed by atoms with Gasteiger partial charge in [-0.15, -0.1) is 0 Å². The highest BCUT2D eigenvalue weighted by Crippen LogP contribution is 2.24. The number of hydrogen-bond donors (Lipinski definition) is 0. The van der Waals surface area contributed by atoms with E-state index in [0.717, 1.165) is 35.2 Å². The summed E-state index contributed by atoms with van der Waals surface area (Å²) in [5.74, 6) is 0.659. The zero-order valence-corrected chi connectivity index (χ0v) is 21.1. The van der Waals surface area contributed by atoms with Gasteiger partial charge in [-0.3, -0.25) is 0 Å². The highest BCUT2D eigenvalue weighted by atomic mass is 19.1. The van der Waals surface area contributed by atoms with Gasteiger partial charge in [-0.25, -0.2) is 18.7 Å². The molecule has 0 aliphatic heterocycles. The molecule has 0 atom stereocenters. The van der Waals surface area contributed by atoms with Gasteiger partial charge in [-0.05, 0) is 59.9 Å². The van der Waals surface area contributed by atoms with Gasteiger partial charge < -0.3 is 4.74 Å². The monoisotopic (exact) mass is 499 g/mol. The minimum atomic E-state index is -0.543. The summed E-state index contributed by atoms with van der Waals surface area (Å²) in [6, 6.07) is 15.8. The molecule has 0 radical (unpaired) electrons. The van der Waals surface area contributed by atoms with Gasteiger partial charge in [-0.2, -0.15) is 5.26 Å². The molecule has 0 saturated carbocycles. The van der Waals surface area contributed by atoms with Crippen LogP contribution in [0.15, 0.2) is 60.9 Å². The average Bonchev–Trinajstić information content (AvgIpc) is 2.92. The van der Waals surface area contributed by atoms with E-state index in [4.69, 9.17) is 10.00 Å². The molecule has 6 heteroatoms. The fourth-order valence-corrected chi connectivity index (χ4v) is 4.34. The Bertz CT molecular complexity index is 1380. The first-order chi connectivity index (χ1) is 18.1. The highest BCUT2D eigenvalue weighted by molar-refractivity contribution is 5.84. The van der Waals surface area contributed by atoms with Crippen LogP contribution in [0.1, 0.15) is 60.7 Å². The fraction of sp³-hybridized carbons (Fsp3) is 0.323. The first-order valence-corrected chi connectivity index (χ1v) is 12.9. The quantitative estimate of drug-likeness (QED) is 0.192. The summed E-state index contributed by atoms with van der Waals surface area (Å²) in [6.45, 7) is 2.87. The molecule has 0 saturated heterocycles. The lowest BCUT2D eigenvalue weighted by molar-refractivity contribution is 0.302. The van der Waals surface area contributed by atoms with Crippen molar-refractivity contribution in [3.8, 4) is 11.8 Å². The maximum absolute atomic E-state index is 15.2. The standard InChI is InChI=1S/C31H31F2N3O/c1-2-3-4-5-16-37-27-20-35-30(36-21-27)15-9-22-8-14-28-25(17-22)13-12-24(31(28)33)10-6-23-7-11-26(19-34)29(32)18-23/h7-8,11-14,17-18,20-21H,2-6,9-10,15-16H2,1H3. The van der Waals surface area contributed by atoms with Crippen LogP contribution in [0.2, 0.25) is 0 Å². The summed E-state index contributed by atoms with van der Waals surface area (Å²) >= 11 is 0. The van der Waals surface area contributed by atoms with Crippen molar-refractivity contribution >= 4 is 10.8 Å². The lowest BCUT2D eigenvalue weighted by Gasteiger charge is -2.09. The van der Waals surface area contributed by atoms with E-state index in [1.807, 2.05) is 30.3 Å². The molecule has 0 spiro atoms. The number of aromatic nitrogens is 2. The van der Waals surface area contributed by atoms with Gasteiger partial charge >= 0.3 is 0 Å². The minimum absolute atomic E-state index is 0.0159. The molecule has 3 aromatic carbocycles. The Labute approximate surface area is 217 Å². The molecular weight excluding hydrogens is 468 g/mol. The molecule has 4 aromatic rings. The van der Waals surface area contributed by atoms with Crippen molar-refractivity contribution in [2.75, 3.05) is 6.61 Å². The first kappa shape index (κ1) is 26.2. The Hall–Kier alpha value is -3.85. The molecule has 0 aliphatic carbocycles. The molecule has 1 aromatic heterocycles. The van der Waals surface area contributed by atoms with Gasteiger partial charge in [0, 0.05) is 11.8 Å². The molecule has 0 N–H and O–H groups in total.